The Kier molecular flexibility index (Phi) is 5.05. The standard InChI is InChI=1S/C19H23N7O2/c20-17(27)14-4-3-5-22-18(14)25-10-8-24(9-11-25)16-13-21-12-15(23-16)19(28)26-6-1-2-7-26/h3-5,12-13H,1-2,6-11H2,(H2,20,27). The number of carbonyl (C=O) groups is 2. The molecule has 2 saturated heterocycles. The summed E-state index contributed by atoms with van der Waals surface area (Å²) in [5.41, 5.74) is 6.28. The molecule has 0 aromatic carbocycles. The summed E-state index contributed by atoms with van der Waals surface area (Å²) in [6.45, 7) is 4.29. The van der Waals surface area contributed by atoms with Gasteiger partial charge in [-0.15, -0.1) is 0 Å². The summed E-state index contributed by atoms with van der Waals surface area (Å²) in [5.74, 6) is 0.772. The lowest BCUT2D eigenvalue weighted by Gasteiger charge is -2.36. The first-order valence-corrected chi connectivity index (χ1v) is 9.49. The Hall–Kier alpha value is -3.23. The van der Waals surface area contributed by atoms with Crippen molar-refractivity contribution >= 4 is 23.5 Å². The second-order valence-electron chi connectivity index (χ2n) is 6.97. The van der Waals surface area contributed by atoms with Crippen molar-refractivity contribution < 1.29 is 9.59 Å². The highest BCUT2D eigenvalue weighted by molar-refractivity contribution is 5.97. The third kappa shape index (κ3) is 3.60. The van der Waals surface area contributed by atoms with Crippen molar-refractivity contribution in [3.05, 3.63) is 42.0 Å². The van der Waals surface area contributed by atoms with Gasteiger partial charge < -0.3 is 20.4 Å². The highest BCUT2D eigenvalue weighted by atomic mass is 16.2. The van der Waals surface area contributed by atoms with Gasteiger partial charge in [0, 0.05) is 45.5 Å². The lowest BCUT2D eigenvalue weighted by molar-refractivity contribution is 0.0786. The van der Waals surface area contributed by atoms with Crippen LogP contribution in [-0.2, 0) is 0 Å². The fourth-order valence-corrected chi connectivity index (χ4v) is 3.68. The van der Waals surface area contributed by atoms with Gasteiger partial charge in [-0.05, 0) is 25.0 Å². The highest BCUT2D eigenvalue weighted by Crippen LogP contribution is 2.21. The van der Waals surface area contributed by atoms with E-state index in [-0.39, 0.29) is 5.91 Å². The van der Waals surface area contributed by atoms with Crippen LogP contribution in [0.5, 0.6) is 0 Å². The maximum absolute atomic E-state index is 12.6. The van der Waals surface area contributed by atoms with E-state index in [0.717, 1.165) is 25.9 Å². The Morgan fingerprint density at radius 3 is 2.39 bits per heavy atom. The predicted molar refractivity (Wildman–Crippen MR) is 104 cm³/mol. The van der Waals surface area contributed by atoms with Gasteiger partial charge in [-0.2, -0.15) is 0 Å². The summed E-state index contributed by atoms with van der Waals surface area (Å²) in [6.07, 6.45) is 6.97. The van der Waals surface area contributed by atoms with E-state index in [1.54, 1.807) is 24.5 Å². The molecule has 4 rings (SSSR count). The molecule has 0 spiro atoms. The minimum Gasteiger partial charge on any atom is -0.365 e. The maximum Gasteiger partial charge on any atom is 0.274 e. The van der Waals surface area contributed by atoms with Gasteiger partial charge in [0.25, 0.3) is 11.8 Å². The number of primary amides is 1. The van der Waals surface area contributed by atoms with E-state index < -0.39 is 5.91 Å². The Bertz CT molecular complexity index is 874. The van der Waals surface area contributed by atoms with Crippen LogP contribution in [0.4, 0.5) is 11.6 Å². The number of pyridine rings is 1. The second kappa shape index (κ2) is 7.79. The average molecular weight is 381 g/mol. The molecule has 2 N–H and O–H groups in total. The van der Waals surface area contributed by atoms with Gasteiger partial charge in [0.2, 0.25) is 0 Å². The normalized spacial score (nSPS) is 17.1. The van der Waals surface area contributed by atoms with Crippen LogP contribution in [-0.4, -0.2) is 70.9 Å². The topological polar surface area (TPSA) is 109 Å². The smallest absolute Gasteiger partial charge is 0.274 e. The number of nitrogens with zero attached hydrogens (tertiary/aromatic N) is 6. The Morgan fingerprint density at radius 2 is 1.68 bits per heavy atom. The predicted octanol–water partition coefficient (Wildman–Crippen LogP) is 0.533. The first-order valence-electron chi connectivity index (χ1n) is 9.49. The number of aromatic nitrogens is 3. The number of nitrogens with two attached hydrogens (primary N) is 1. The minimum absolute atomic E-state index is 0.0509. The SMILES string of the molecule is NC(=O)c1cccnc1N1CCN(c2cncc(C(=O)N3CCCC3)n2)CC1. The van der Waals surface area contributed by atoms with Crippen LogP contribution in [0.1, 0.15) is 33.7 Å². The van der Waals surface area contributed by atoms with Crippen molar-refractivity contribution in [2.45, 2.75) is 12.8 Å². The van der Waals surface area contributed by atoms with Crippen LogP contribution in [0.25, 0.3) is 0 Å². The largest absolute Gasteiger partial charge is 0.365 e. The van der Waals surface area contributed by atoms with Gasteiger partial charge in [0.1, 0.15) is 17.3 Å². The van der Waals surface area contributed by atoms with Crippen molar-refractivity contribution in [3.63, 3.8) is 0 Å². The van der Waals surface area contributed by atoms with E-state index in [4.69, 9.17) is 5.73 Å². The Balaban J connectivity index is 1.45. The van der Waals surface area contributed by atoms with E-state index in [2.05, 4.69) is 19.9 Å². The second-order valence-corrected chi connectivity index (χ2v) is 6.97. The number of amides is 2. The minimum atomic E-state index is -0.482. The number of piperazine rings is 1. The molecule has 0 radical (unpaired) electrons. The molecular weight excluding hydrogens is 358 g/mol. The Labute approximate surface area is 163 Å². The van der Waals surface area contributed by atoms with Crippen molar-refractivity contribution in [1.29, 1.82) is 0 Å². The number of carbonyl (C=O) groups excluding carboxylic acids is 2. The first-order chi connectivity index (χ1) is 13.6. The number of hydrogen-bond acceptors (Lipinski definition) is 7. The quantitative estimate of drug-likeness (QED) is 0.823. The van der Waals surface area contributed by atoms with Crippen LogP contribution >= 0.6 is 0 Å². The molecule has 146 valence electrons. The summed E-state index contributed by atoms with van der Waals surface area (Å²) >= 11 is 0. The van der Waals surface area contributed by atoms with Gasteiger partial charge in [-0.25, -0.2) is 9.97 Å². The molecule has 28 heavy (non-hydrogen) atoms. The van der Waals surface area contributed by atoms with Crippen LogP contribution in [0.2, 0.25) is 0 Å². The van der Waals surface area contributed by atoms with Crippen molar-refractivity contribution in [2.24, 2.45) is 5.73 Å². The van der Waals surface area contributed by atoms with Crippen molar-refractivity contribution in [1.82, 2.24) is 19.9 Å². The lowest BCUT2D eigenvalue weighted by atomic mass is 10.2. The van der Waals surface area contributed by atoms with E-state index >= 15 is 0 Å². The highest BCUT2D eigenvalue weighted by Gasteiger charge is 2.25. The fourth-order valence-electron chi connectivity index (χ4n) is 3.68. The summed E-state index contributed by atoms with van der Waals surface area (Å²) in [5, 5.41) is 0. The number of hydrogen-bond donors (Lipinski definition) is 1. The molecule has 0 unspecified atom stereocenters. The Morgan fingerprint density at radius 1 is 0.964 bits per heavy atom. The molecule has 2 aliphatic rings. The molecule has 0 atom stereocenters. The van der Waals surface area contributed by atoms with Gasteiger partial charge in [0.05, 0.1) is 18.0 Å². The van der Waals surface area contributed by atoms with Crippen molar-refractivity contribution in [3.8, 4) is 0 Å². The molecule has 0 aliphatic carbocycles. The molecule has 2 aromatic rings. The van der Waals surface area contributed by atoms with E-state index in [1.807, 2.05) is 9.80 Å². The molecular formula is C19H23N7O2. The molecule has 0 bridgehead atoms. The van der Waals surface area contributed by atoms with Gasteiger partial charge in [0.15, 0.2) is 0 Å². The summed E-state index contributed by atoms with van der Waals surface area (Å²) in [7, 11) is 0. The monoisotopic (exact) mass is 381 g/mol. The first kappa shape index (κ1) is 18.1. The summed E-state index contributed by atoms with van der Waals surface area (Å²) in [6, 6.07) is 3.40. The fraction of sp³-hybridized carbons (Fsp3) is 0.421. The molecule has 9 nitrogen and oxygen atoms in total. The third-order valence-electron chi connectivity index (χ3n) is 5.19. The molecule has 2 aromatic heterocycles. The number of rotatable bonds is 4. The average Bonchev–Trinajstić information content (AvgIpc) is 3.28. The van der Waals surface area contributed by atoms with Crippen LogP contribution in [0.3, 0.4) is 0 Å². The van der Waals surface area contributed by atoms with Crippen LogP contribution < -0.4 is 15.5 Å². The number of likely N-dealkylation sites (tertiary alicyclic amines) is 1. The van der Waals surface area contributed by atoms with E-state index in [9.17, 15) is 9.59 Å². The molecule has 2 aliphatic heterocycles. The van der Waals surface area contributed by atoms with Gasteiger partial charge in [-0.3, -0.25) is 14.6 Å². The molecule has 2 amide bonds. The zero-order valence-corrected chi connectivity index (χ0v) is 15.6. The molecule has 0 saturated carbocycles. The summed E-state index contributed by atoms with van der Waals surface area (Å²) in [4.78, 5) is 43.3. The van der Waals surface area contributed by atoms with Crippen LogP contribution in [0, 0.1) is 0 Å². The molecule has 4 heterocycles. The summed E-state index contributed by atoms with van der Waals surface area (Å²) < 4.78 is 0. The number of anilines is 2. The third-order valence-corrected chi connectivity index (χ3v) is 5.19. The van der Waals surface area contributed by atoms with Crippen LogP contribution in [0.15, 0.2) is 30.7 Å². The zero-order chi connectivity index (χ0) is 19.5. The van der Waals surface area contributed by atoms with E-state index in [1.165, 1.54) is 6.20 Å². The molecule has 9 heteroatoms. The molecule has 2 fully saturated rings. The maximum atomic E-state index is 12.6. The lowest BCUT2D eigenvalue weighted by Crippen LogP contribution is -2.47. The van der Waals surface area contributed by atoms with Crippen molar-refractivity contribution in [2.75, 3.05) is 49.1 Å². The van der Waals surface area contributed by atoms with E-state index in [0.29, 0.717) is 49.1 Å². The van der Waals surface area contributed by atoms with Gasteiger partial charge >= 0.3 is 0 Å². The van der Waals surface area contributed by atoms with Gasteiger partial charge in [-0.1, -0.05) is 0 Å². The zero-order valence-electron chi connectivity index (χ0n) is 15.6.